The van der Waals surface area contributed by atoms with Crippen molar-refractivity contribution in [2.45, 2.75) is 24.8 Å². The van der Waals surface area contributed by atoms with Crippen molar-refractivity contribution in [2.24, 2.45) is 5.73 Å². The molecule has 1 aromatic heterocycles. The second kappa shape index (κ2) is 9.61. The van der Waals surface area contributed by atoms with Crippen LogP contribution in [0.2, 0.25) is 0 Å². The molecule has 38 heavy (non-hydrogen) atoms. The summed E-state index contributed by atoms with van der Waals surface area (Å²) in [4.78, 5) is 10.6. The number of nitrogens with zero attached hydrogens (tertiary/aromatic N) is 4. The zero-order valence-electron chi connectivity index (χ0n) is 19.6. The number of piperidine rings is 1. The van der Waals surface area contributed by atoms with Crippen LogP contribution < -0.4 is 10.6 Å². The van der Waals surface area contributed by atoms with E-state index in [1.807, 2.05) is 0 Å². The van der Waals surface area contributed by atoms with Gasteiger partial charge in [-0.15, -0.1) is 0 Å². The largest absolute Gasteiger partial charge is 0.417 e. The predicted octanol–water partition coefficient (Wildman–Crippen LogP) is 6.01. The van der Waals surface area contributed by atoms with E-state index in [1.165, 1.54) is 30.3 Å². The molecule has 2 N–H and O–H groups in total. The van der Waals surface area contributed by atoms with Crippen LogP contribution >= 0.6 is 0 Å². The topological polar surface area (TPSA) is 78.8 Å². The predicted molar refractivity (Wildman–Crippen MR) is 130 cm³/mol. The normalized spacial score (nSPS) is 18.0. The monoisotopic (exact) mass is 527 g/mol. The van der Waals surface area contributed by atoms with E-state index in [9.17, 15) is 26.3 Å². The highest BCUT2D eigenvalue weighted by atomic mass is 19.4. The van der Waals surface area contributed by atoms with Crippen molar-refractivity contribution in [3.63, 3.8) is 0 Å². The molecule has 1 saturated heterocycles. The summed E-state index contributed by atoms with van der Waals surface area (Å²) in [6, 6.07) is 11.6. The van der Waals surface area contributed by atoms with Gasteiger partial charge in [0.2, 0.25) is 5.95 Å². The molecule has 194 valence electrons. The van der Waals surface area contributed by atoms with Gasteiger partial charge in [0, 0.05) is 29.1 Å². The number of alkyl halides is 4. The van der Waals surface area contributed by atoms with Gasteiger partial charge in [-0.05, 0) is 48.4 Å². The number of halogens is 6. The van der Waals surface area contributed by atoms with Gasteiger partial charge >= 0.3 is 6.18 Å². The molecule has 11 heteroatoms. The smallest absolute Gasteiger partial charge is 0.338 e. The van der Waals surface area contributed by atoms with Gasteiger partial charge in [-0.2, -0.15) is 18.4 Å². The Hall–Kier alpha value is -4.17. The van der Waals surface area contributed by atoms with Crippen LogP contribution in [0.15, 0.2) is 54.6 Å². The molecule has 3 aromatic carbocycles. The molecule has 5 nitrogen and oxygen atoms in total. The summed E-state index contributed by atoms with van der Waals surface area (Å²) in [5, 5.41) is 9.32. The van der Waals surface area contributed by atoms with Crippen molar-refractivity contribution in [1.82, 2.24) is 9.97 Å². The number of fused-ring (bicyclic) bond motifs is 1. The van der Waals surface area contributed by atoms with Crippen molar-refractivity contribution >= 4 is 16.9 Å². The summed E-state index contributed by atoms with van der Waals surface area (Å²) in [6.45, 7) is 0.284. The number of nitrogens with two attached hydrogens (primary N) is 1. The Bertz CT molecular complexity index is 1580. The summed E-state index contributed by atoms with van der Waals surface area (Å²) >= 11 is 0. The number of anilines is 1. The van der Waals surface area contributed by atoms with E-state index in [1.54, 1.807) is 11.0 Å². The van der Waals surface area contributed by atoms with Gasteiger partial charge in [0.15, 0.2) is 0 Å². The Morgan fingerprint density at radius 2 is 1.74 bits per heavy atom. The highest BCUT2D eigenvalue weighted by Crippen LogP contribution is 2.40. The van der Waals surface area contributed by atoms with E-state index < -0.39 is 41.2 Å². The fourth-order valence-corrected chi connectivity index (χ4v) is 4.54. The summed E-state index contributed by atoms with van der Waals surface area (Å²) in [7, 11) is 0. The number of benzene rings is 3. The van der Waals surface area contributed by atoms with E-state index in [4.69, 9.17) is 11.0 Å². The molecule has 0 radical (unpaired) electrons. The van der Waals surface area contributed by atoms with Gasteiger partial charge in [0.25, 0.3) is 0 Å². The van der Waals surface area contributed by atoms with Gasteiger partial charge in [-0.3, -0.25) is 0 Å². The Morgan fingerprint density at radius 1 is 0.974 bits per heavy atom. The average Bonchev–Trinajstić information content (AvgIpc) is 2.88. The quantitative estimate of drug-likeness (QED) is 0.330. The Morgan fingerprint density at radius 3 is 2.42 bits per heavy atom. The minimum atomic E-state index is -4.82. The molecule has 0 spiro atoms. The SMILES string of the molecule is N#Cc1ccc(-c2nc(N3CC[C@H](N)[C@@H](F)C3)nc3ccc(-c4c(F)cccc4C(F)(F)F)cc23)cc1F. The van der Waals surface area contributed by atoms with Crippen LogP contribution in [0, 0.1) is 23.0 Å². The highest BCUT2D eigenvalue weighted by Gasteiger charge is 2.35. The third kappa shape index (κ3) is 4.63. The zero-order valence-corrected chi connectivity index (χ0v) is 19.6. The molecule has 2 atom stereocenters. The minimum Gasteiger partial charge on any atom is -0.338 e. The number of hydrogen-bond acceptors (Lipinski definition) is 5. The summed E-state index contributed by atoms with van der Waals surface area (Å²) in [6.07, 6.45) is -5.80. The Balaban J connectivity index is 1.74. The average molecular weight is 527 g/mol. The van der Waals surface area contributed by atoms with E-state index in [2.05, 4.69) is 9.97 Å². The first-order chi connectivity index (χ1) is 18.1. The van der Waals surface area contributed by atoms with Gasteiger partial charge in [0.05, 0.1) is 28.9 Å². The molecule has 0 amide bonds. The van der Waals surface area contributed by atoms with Crippen LogP contribution in [-0.4, -0.2) is 35.3 Å². The molecule has 1 aliphatic heterocycles. The molecule has 1 aliphatic rings. The van der Waals surface area contributed by atoms with Crippen LogP contribution in [0.25, 0.3) is 33.3 Å². The van der Waals surface area contributed by atoms with E-state index in [0.717, 1.165) is 24.3 Å². The van der Waals surface area contributed by atoms with Gasteiger partial charge < -0.3 is 10.6 Å². The van der Waals surface area contributed by atoms with E-state index in [0.29, 0.717) is 13.0 Å². The highest BCUT2D eigenvalue weighted by molar-refractivity contribution is 5.96. The van der Waals surface area contributed by atoms with Crippen LogP contribution in [-0.2, 0) is 6.18 Å². The number of nitriles is 1. The molecule has 2 heterocycles. The van der Waals surface area contributed by atoms with Crippen LogP contribution in [0.4, 0.5) is 32.3 Å². The maximum Gasteiger partial charge on any atom is 0.417 e. The van der Waals surface area contributed by atoms with Gasteiger partial charge in [-0.25, -0.2) is 23.1 Å². The molecule has 5 rings (SSSR count). The minimum absolute atomic E-state index is 0.0733. The molecule has 1 fully saturated rings. The lowest BCUT2D eigenvalue weighted by Crippen LogP contribution is -2.49. The van der Waals surface area contributed by atoms with E-state index in [-0.39, 0.29) is 45.8 Å². The standard InChI is InChI=1S/C27H19F6N5/c28-19-3-1-2-18(27(31,32)33)24(19)14-6-7-23-17(10-14)25(15-4-5-16(12-34)20(29)11-15)37-26(36-23)38-9-8-22(35)21(30)13-38/h1-7,10-11,21-22H,8-9,13,35H2/t21-,22-/m0/s1. The maximum absolute atomic E-state index is 14.7. The van der Waals surface area contributed by atoms with Crippen molar-refractivity contribution in [3.05, 3.63) is 77.4 Å². The van der Waals surface area contributed by atoms with Crippen LogP contribution in [0.5, 0.6) is 0 Å². The Kier molecular flexibility index (Phi) is 6.44. The fourth-order valence-electron chi connectivity index (χ4n) is 4.54. The van der Waals surface area contributed by atoms with Gasteiger partial charge in [0.1, 0.15) is 23.9 Å². The lowest BCUT2D eigenvalue weighted by molar-refractivity contribution is -0.137. The fraction of sp³-hybridized carbons (Fsp3) is 0.222. The molecular formula is C27H19F6N5. The lowest BCUT2D eigenvalue weighted by Gasteiger charge is -2.33. The maximum atomic E-state index is 14.7. The third-order valence-corrected chi connectivity index (χ3v) is 6.53. The van der Waals surface area contributed by atoms with Gasteiger partial charge in [-0.1, -0.05) is 18.2 Å². The van der Waals surface area contributed by atoms with Crippen molar-refractivity contribution in [2.75, 3.05) is 18.0 Å². The Labute approximate surface area is 213 Å². The molecule has 0 aliphatic carbocycles. The molecule has 0 unspecified atom stereocenters. The summed E-state index contributed by atoms with van der Waals surface area (Å²) in [5.74, 6) is -1.77. The lowest BCUT2D eigenvalue weighted by atomic mass is 9.95. The van der Waals surface area contributed by atoms with Crippen LogP contribution in [0.3, 0.4) is 0 Å². The molecule has 4 aromatic rings. The number of rotatable bonds is 3. The molecule has 0 saturated carbocycles. The summed E-state index contributed by atoms with van der Waals surface area (Å²) < 4.78 is 84.8. The second-order valence-corrected chi connectivity index (χ2v) is 8.99. The third-order valence-electron chi connectivity index (χ3n) is 6.53. The first-order valence-corrected chi connectivity index (χ1v) is 11.6. The summed E-state index contributed by atoms with van der Waals surface area (Å²) in [5.41, 5.74) is 4.30. The number of hydrogen-bond donors (Lipinski definition) is 1. The van der Waals surface area contributed by atoms with Crippen molar-refractivity contribution in [1.29, 1.82) is 5.26 Å². The first kappa shape index (κ1) is 25.5. The molecular weight excluding hydrogens is 508 g/mol. The van der Waals surface area contributed by atoms with Crippen molar-refractivity contribution < 1.29 is 26.3 Å². The number of aromatic nitrogens is 2. The zero-order chi connectivity index (χ0) is 27.2. The van der Waals surface area contributed by atoms with E-state index >= 15 is 0 Å². The molecule has 0 bridgehead atoms. The second-order valence-electron chi connectivity index (χ2n) is 8.99. The van der Waals surface area contributed by atoms with Crippen molar-refractivity contribution in [3.8, 4) is 28.5 Å². The van der Waals surface area contributed by atoms with Crippen LogP contribution in [0.1, 0.15) is 17.5 Å². The first-order valence-electron chi connectivity index (χ1n) is 11.6.